The molecule has 1 N–H and O–H groups in total. The van der Waals surface area contributed by atoms with E-state index in [2.05, 4.69) is 21.2 Å². The molecule has 0 rings (SSSR count). The van der Waals surface area contributed by atoms with E-state index in [0.717, 1.165) is 0 Å². The highest BCUT2D eigenvalue weighted by Crippen LogP contribution is 2.34. The molecule has 0 heterocycles. The molecule has 0 fully saturated rings. The van der Waals surface area contributed by atoms with Gasteiger partial charge in [-0.25, -0.2) is 0 Å². The van der Waals surface area contributed by atoms with Gasteiger partial charge in [-0.3, -0.25) is 0 Å². The predicted octanol–water partition coefficient (Wildman–Crippen LogP) is 3.81. The lowest BCUT2D eigenvalue weighted by Crippen LogP contribution is -2.28. The average molecular weight is 274 g/mol. The second kappa shape index (κ2) is 5.05. The van der Waals surface area contributed by atoms with Gasteiger partial charge in [-0.2, -0.15) is 13.2 Å². The molecular weight excluding hydrogens is 259 g/mol. The molecule has 0 aliphatic heterocycles. The van der Waals surface area contributed by atoms with Crippen LogP contribution in [0.25, 0.3) is 0 Å². The Morgan fingerprint density at radius 2 is 1.57 bits per heavy atom. The molecule has 0 spiro atoms. The third kappa shape index (κ3) is 4.35. The molecule has 0 aliphatic rings. The highest BCUT2D eigenvalue weighted by molar-refractivity contribution is 9.11. The average Bonchev–Trinajstić information content (AvgIpc) is 1.96. The molecule has 0 saturated carbocycles. The van der Waals surface area contributed by atoms with E-state index in [1.54, 1.807) is 27.7 Å². The van der Waals surface area contributed by atoms with E-state index in [1.807, 2.05) is 0 Å². The van der Waals surface area contributed by atoms with Crippen LogP contribution in [0.3, 0.4) is 0 Å². The molecule has 14 heavy (non-hydrogen) atoms. The first-order valence-corrected chi connectivity index (χ1v) is 5.19. The Hall–Kier alpha value is -0.190. The van der Waals surface area contributed by atoms with Crippen LogP contribution in [0.4, 0.5) is 13.2 Å². The first-order chi connectivity index (χ1) is 6.16. The van der Waals surface area contributed by atoms with Crippen LogP contribution >= 0.6 is 15.9 Å². The summed E-state index contributed by atoms with van der Waals surface area (Å²) >= 11 is 2.59. The second-order valence-electron chi connectivity index (χ2n) is 3.68. The van der Waals surface area contributed by atoms with E-state index < -0.39 is 10.7 Å². The van der Waals surface area contributed by atoms with Crippen molar-refractivity contribution < 1.29 is 13.2 Å². The highest BCUT2D eigenvalue weighted by atomic mass is 79.9. The van der Waals surface area contributed by atoms with E-state index in [1.165, 1.54) is 0 Å². The van der Waals surface area contributed by atoms with Gasteiger partial charge in [0.2, 0.25) is 0 Å². The number of hydrogen-bond donors (Lipinski definition) is 1. The van der Waals surface area contributed by atoms with Gasteiger partial charge in [-0.15, -0.1) is 0 Å². The number of rotatable bonds is 3. The van der Waals surface area contributed by atoms with Crippen LogP contribution in [0.5, 0.6) is 0 Å². The third-order valence-corrected chi connectivity index (χ3v) is 2.38. The Labute approximate surface area is 90.9 Å². The Morgan fingerprint density at radius 3 is 1.79 bits per heavy atom. The molecule has 0 amide bonds. The summed E-state index contributed by atoms with van der Waals surface area (Å²) in [7, 11) is 0. The maximum Gasteiger partial charge on any atom is 0.424 e. The fourth-order valence-electron chi connectivity index (χ4n) is 0.947. The Kier molecular flexibility index (Phi) is 4.98. The Bertz CT molecular complexity index is 219. The molecular formula is C9H15BrF3N. The maximum atomic E-state index is 12.4. The Morgan fingerprint density at radius 1 is 1.14 bits per heavy atom. The molecule has 0 bridgehead atoms. The van der Waals surface area contributed by atoms with Crippen LogP contribution in [0.2, 0.25) is 0 Å². The van der Waals surface area contributed by atoms with Crippen molar-refractivity contribution in [2.45, 2.75) is 39.9 Å². The summed E-state index contributed by atoms with van der Waals surface area (Å²) in [5.41, 5.74) is 0.201. The topological polar surface area (TPSA) is 12.0 Å². The molecule has 0 aromatic carbocycles. The summed E-state index contributed by atoms with van der Waals surface area (Å²) in [4.78, 5) is 0. The lowest BCUT2D eigenvalue weighted by atomic mass is 10.1. The van der Waals surface area contributed by atoms with Crippen LogP contribution in [-0.4, -0.2) is 12.2 Å². The molecule has 0 radical (unpaired) electrons. The van der Waals surface area contributed by atoms with E-state index in [4.69, 9.17) is 0 Å². The summed E-state index contributed by atoms with van der Waals surface area (Å²) < 4.78 is 36.4. The molecule has 0 aromatic heterocycles. The van der Waals surface area contributed by atoms with Gasteiger partial charge in [0.25, 0.3) is 0 Å². The van der Waals surface area contributed by atoms with Crippen molar-refractivity contribution in [3.63, 3.8) is 0 Å². The third-order valence-electron chi connectivity index (χ3n) is 1.51. The molecule has 0 aromatic rings. The fraction of sp³-hybridized carbons (Fsp3) is 0.778. The lowest BCUT2D eigenvalue weighted by molar-refractivity contribution is -0.0843. The largest absolute Gasteiger partial charge is 0.424 e. The second-order valence-corrected chi connectivity index (χ2v) is 4.47. The Balaban J connectivity index is 4.96. The van der Waals surface area contributed by atoms with Gasteiger partial charge in [0, 0.05) is 11.7 Å². The molecule has 0 atom stereocenters. The van der Waals surface area contributed by atoms with Gasteiger partial charge in [-0.05, 0) is 35.7 Å². The van der Waals surface area contributed by atoms with Crippen molar-refractivity contribution in [1.29, 1.82) is 0 Å². The van der Waals surface area contributed by atoms with Crippen LogP contribution in [0.15, 0.2) is 10.2 Å². The van der Waals surface area contributed by atoms with E-state index >= 15 is 0 Å². The quantitative estimate of drug-likeness (QED) is 0.825. The van der Waals surface area contributed by atoms with Gasteiger partial charge in [-0.1, -0.05) is 13.8 Å². The number of alkyl halides is 3. The molecule has 5 heteroatoms. The zero-order valence-electron chi connectivity index (χ0n) is 8.67. The summed E-state index contributed by atoms with van der Waals surface area (Å²) in [5, 5.41) is 2.80. The normalized spacial score (nSPS) is 14.7. The van der Waals surface area contributed by atoms with Crippen LogP contribution in [0, 0.1) is 5.92 Å². The minimum Gasteiger partial charge on any atom is -0.385 e. The summed E-state index contributed by atoms with van der Waals surface area (Å²) in [5.74, 6) is -0.187. The van der Waals surface area contributed by atoms with Gasteiger partial charge >= 0.3 is 6.18 Å². The zero-order chi connectivity index (χ0) is 11.5. The van der Waals surface area contributed by atoms with Gasteiger partial charge in [0.1, 0.15) is 4.48 Å². The molecule has 84 valence electrons. The summed E-state index contributed by atoms with van der Waals surface area (Å²) in [6.07, 6.45) is -4.32. The molecule has 1 nitrogen and oxygen atoms in total. The van der Waals surface area contributed by atoms with Gasteiger partial charge in [0.15, 0.2) is 0 Å². The number of hydrogen-bond acceptors (Lipinski definition) is 1. The SMILES string of the molecule is CC(C)N/C(=C(/Br)C(F)(F)F)C(C)C. The maximum absolute atomic E-state index is 12.4. The molecule has 0 saturated heterocycles. The van der Waals surface area contributed by atoms with E-state index in [0.29, 0.717) is 0 Å². The zero-order valence-corrected chi connectivity index (χ0v) is 10.3. The highest BCUT2D eigenvalue weighted by Gasteiger charge is 2.35. The van der Waals surface area contributed by atoms with Crippen molar-refractivity contribution in [2.24, 2.45) is 5.92 Å². The monoisotopic (exact) mass is 273 g/mol. The molecule has 0 aliphatic carbocycles. The van der Waals surface area contributed by atoms with E-state index in [9.17, 15) is 13.2 Å². The number of nitrogens with one attached hydrogen (secondary N) is 1. The van der Waals surface area contributed by atoms with Crippen molar-refractivity contribution in [3.8, 4) is 0 Å². The number of allylic oxidation sites excluding steroid dienone is 2. The fourth-order valence-corrected chi connectivity index (χ4v) is 1.52. The standard InChI is InChI=1S/C9H15BrF3N/c1-5(2)7(14-6(3)4)8(10)9(11,12)13/h5-6,14H,1-4H3/b8-7+. The summed E-state index contributed by atoms with van der Waals surface area (Å²) in [6.45, 7) is 7.05. The predicted molar refractivity (Wildman–Crippen MR) is 55.1 cm³/mol. The van der Waals surface area contributed by atoms with Crippen molar-refractivity contribution >= 4 is 15.9 Å². The van der Waals surface area contributed by atoms with Crippen molar-refractivity contribution in [3.05, 3.63) is 10.2 Å². The smallest absolute Gasteiger partial charge is 0.385 e. The first-order valence-electron chi connectivity index (χ1n) is 4.39. The molecule has 0 unspecified atom stereocenters. The van der Waals surface area contributed by atoms with Gasteiger partial charge in [0.05, 0.1) is 0 Å². The minimum absolute atomic E-state index is 0.0118. The minimum atomic E-state index is -4.32. The summed E-state index contributed by atoms with van der Waals surface area (Å²) in [6, 6.07) is -0.0118. The first kappa shape index (κ1) is 13.8. The lowest BCUT2D eigenvalue weighted by Gasteiger charge is -2.20. The van der Waals surface area contributed by atoms with Crippen LogP contribution in [-0.2, 0) is 0 Å². The van der Waals surface area contributed by atoms with Crippen molar-refractivity contribution in [2.75, 3.05) is 0 Å². The van der Waals surface area contributed by atoms with E-state index in [-0.39, 0.29) is 17.7 Å². The van der Waals surface area contributed by atoms with Crippen LogP contribution in [0.1, 0.15) is 27.7 Å². The van der Waals surface area contributed by atoms with Crippen molar-refractivity contribution in [1.82, 2.24) is 5.32 Å². The number of halogens is 4. The van der Waals surface area contributed by atoms with Gasteiger partial charge < -0.3 is 5.32 Å². The van der Waals surface area contributed by atoms with Crippen LogP contribution < -0.4 is 5.32 Å².